The summed E-state index contributed by atoms with van der Waals surface area (Å²) in [6.07, 6.45) is 3.39. The van der Waals surface area contributed by atoms with Gasteiger partial charge in [0.1, 0.15) is 11.4 Å². The maximum absolute atomic E-state index is 12.8. The number of thiophene rings is 1. The van der Waals surface area contributed by atoms with Gasteiger partial charge in [-0.05, 0) is 83.1 Å². The minimum Gasteiger partial charge on any atom is -0.370 e. The lowest BCUT2D eigenvalue weighted by Crippen LogP contribution is -2.34. The van der Waals surface area contributed by atoms with Crippen LogP contribution in [0.25, 0.3) is 27.7 Å². The summed E-state index contributed by atoms with van der Waals surface area (Å²) in [6, 6.07) is 10.0. The molecule has 3 aromatic heterocycles. The van der Waals surface area contributed by atoms with E-state index in [1.165, 1.54) is 48.8 Å². The molecule has 232 valence electrons. The summed E-state index contributed by atoms with van der Waals surface area (Å²) >= 11 is 1.79. The first-order chi connectivity index (χ1) is 21.2. The van der Waals surface area contributed by atoms with Gasteiger partial charge in [0.2, 0.25) is 6.41 Å². The van der Waals surface area contributed by atoms with Crippen molar-refractivity contribution < 1.29 is 18.0 Å². The maximum atomic E-state index is 12.8. The van der Waals surface area contributed by atoms with E-state index in [9.17, 15) is 18.0 Å². The smallest absolute Gasteiger partial charge is 0.370 e. The van der Waals surface area contributed by atoms with E-state index in [1.807, 2.05) is 0 Å². The lowest BCUT2D eigenvalue weighted by Gasteiger charge is -2.32. The fourth-order valence-electron chi connectivity index (χ4n) is 5.70. The Balaban J connectivity index is 0.000000175. The Hall–Kier alpha value is -3.96. The molecule has 0 aliphatic carbocycles. The number of hydrogen-bond donors (Lipinski definition) is 2. The zero-order valence-electron chi connectivity index (χ0n) is 24.7. The molecule has 1 unspecified atom stereocenters. The number of alkyl halides is 3. The highest BCUT2D eigenvalue weighted by molar-refractivity contribution is 7.08. The highest BCUT2D eigenvalue weighted by Crippen LogP contribution is 2.32. The average Bonchev–Trinajstić information content (AvgIpc) is 3.81. The van der Waals surface area contributed by atoms with Crippen LogP contribution in [0.4, 0.5) is 13.2 Å². The van der Waals surface area contributed by atoms with Crippen LogP contribution in [0, 0.1) is 5.92 Å². The zero-order valence-corrected chi connectivity index (χ0v) is 25.6. The number of halogens is 3. The minimum absolute atomic E-state index is 0.319. The average molecular weight is 623 g/mol. The van der Waals surface area contributed by atoms with Crippen LogP contribution in [-0.4, -0.2) is 64.1 Å². The molecule has 1 fully saturated rings. The molecule has 1 atom stereocenters. The lowest BCUT2D eigenvalue weighted by atomic mass is 10.0. The van der Waals surface area contributed by atoms with Crippen LogP contribution in [0.3, 0.4) is 0 Å². The van der Waals surface area contributed by atoms with Gasteiger partial charge in [-0.3, -0.25) is 19.8 Å². The van der Waals surface area contributed by atoms with Gasteiger partial charge >= 0.3 is 6.18 Å². The number of likely N-dealkylation sites (tertiary alicyclic amines) is 1. The van der Waals surface area contributed by atoms with Crippen molar-refractivity contribution in [2.45, 2.75) is 38.9 Å². The summed E-state index contributed by atoms with van der Waals surface area (Å²) in [7, 11) is 0. The predicted molar refractivity (Wildman–Crippen MR) is 170 cm³/mol. The molecule has 6 rings (SSSR count). The molecule has 1 saturated heterocycles. The van der Waals surface area contributed by atoms with Crippen molar-refractivity contribution in [2.24, 2.45) is 5.92 Å². The second-order valence-corrected chi connectivity index (χ2v) is 12.0. The number of carbonyl (C=O) groups is 1. The Morgan fingerprint density at radius 1 is 1.20 bits per heavy atom. The summed E-state index contributed by atoms with van der Waals surface area (Å²) in [4.78, 5) is 18.7. The van der Waals surface area contributed by atoms with Crippen LogP contribution >= 0.6 is 11.3 Å². The van der Waals surface area contributed by atoms with Crippen molar-refractivity contribution >= 4 is 34.2 Å². The quantitative estimate of drug-likeness (QED) is 0.197. The van der Waals surface area contributed by atoms with Crippen molar-refractivity contribution in [3.8, 4) is 11.3 Å². The van der Waals surface area contributed by atoms with Gasteiger partial charge in [-0.25, -0.2) is 0 Å². The number of hydrogen-bond acceptors (Lipinski definition) is 6. The Kier molecular flexibility index (Phi) is 10.2. The van der Waals surface area contributed by atoms with Gasteiger partial charge in [-0.2, -0.15) is 29.6 Å². The Labute approximate surface area is 259 Å². The van der Waals surface area contributed by atoms with Crippen LogP contribution in [-0.2, 0) is 17.5 Å². The van der Waals surface area contributed by atoms with Crippen LogP contribution < -0.4 is 5.32 Å². The molecule has 0 bridgehead atoms. The third-order valence-corrected chi connectivity index (χ3v) is 8.93. The molecule has 0 radical (unpaired) electrons. The molecule has 4 aromatic rings. The molecular formula is C33H37F3N6OS. The minimum atomic E-state index is -4.51. The second-order valence-electron chi connectivity index (χ2n) is 11.2. The van der Waals surface area contributed by atoms with Crippen molar-refractivity contribution in [1.29, 1.82) is 0 Å². The Bertz CT molecular complexity index is 1600. The van der Waals surface area contributed by atoms with Gasteiger partial charge in [-0.1, -0.05) is 32.1 Å². The molecule has 0 saturated carbocycles. The molecule has 1 amide bonds. The van der Waals surface area contributed by atoms with Gasteiger partial charge in [-0.15, -0.1) is 0 Å². The molecule has 2 aliphatic heterocycles. The van der Waals surface area contributed by atoms with Crippen LogP contribution in [0.5, 0.6) is 0 Å². The molecule has 0 spiro atoms. The summed E-state index contributed by atoms with van der Waals surface area (Å²) in [5, 5.41) is 14.5. The fourth-order valence-corrected chi connectivity index (χ4v) is 6.38. The summed E-state index contributed by atoms with van der Waals surface area (Å²) in [6.45, 7) is 12.7. The number of benzene rings is 1. The number of aromatic amines is 1. The van der Waals surface area contributed by atoms with Crippen LogP contribution in [0.1, 0.15) is 43.0 Å². The number of amides is 1. The number of fused-ring (bicyclic) bond motifs is 1. The van der Waals surface area contributed by atoms with Crippen molar-refractivity contribution in [1.82, 2.24) is 30.3 Å². The Morgan fingerprint density at radius 3 is 2.75 bits per heavy atom. The number of carbonyl (C=O) groups excluding carboxylic acids is 1. The van der Waals surface area contributed by atoms with E-state index in [-0.39, 0.29) is 0 Å². The van der Waals surface area contributed by atoms with E-state index in [0.717, 1.165) is 49.8 Å². The van der Waals surface area contributed by atoms with Gasteiger partial charge < -0.3 is 10.2 Å². The largest absolute Gasteiger partial charge is 0.433 e. The SMILES string of the molecule is C=C(CN1CCC(CC)C1)N1CC=C(c2ccsc2)CC1.O=CNCc1ccc2[nH]nc(-c3ccnc(C(F)(F)F)c3)c2c1. The highest BCUT2D eigenvalue weighted by Gasteiger charge is 2.32. The normalized spacial score (nSPS) is 17.2. The van der Waals surface area contributed by atoms with E-state index < -0.39 is 11.9 Å². The van der Waals surface area contributed by atoms with Crippen LogP contribution in [0.15, 0.2) is 71.7 Å². The fraction of sp³-hybridized carbons (Fsp3) is 0.364. The molecule has 1 aromatic carbocycles. The Morgan fingerprint density at radius 2 is 2.07 bits per heavy atom. The van der Waals surface area contributed by atoms with Crippen molar-refractivity contribution in [2.75, 3.05) is 32.7 Å². The topological polar surface area (TPSA) is 77.1 Å². The number of pyridine rings is 1. The van der Waals surface area contributed by atoms with E-state index >= 15 is 0 Å². The van der Waals surface area contributed by atoms with E-state index in [2.05, 4.69) is 66.7 Å². The third-order valence-electron chi connectivity index (χ3n) is 8.24. The molecule has 44 heavy (non-hydrogen) atoms. The second kappa shape index (κ2) is 14.2. The number of nitrogens with zero attached hydrogens (tertiary/aromatic N) is 4. The van der Waals surface area contributed by atoms with E-state index in [4.69, 9.17) is 0 Å². The summed E-state index contributed by atoms with van der Waals surface area (Å²) in [5.74, 6) is 0.907. The van der Waals surface area contributed by atoms with Crippen LogP contribution in [0.2, 0.25) is 0 Å². The lowest BCUT2D eigenvalue weighted by molar-refractivity contribution is -0.141. The molecule has 2 aliphatic rings. The molecule has 7 nitrogen and oxygen atoms in total. The number of aromatic nitrogens is 3. The third kappa shape index (κ3) is 7.75. The number of H-pyrrole nitrogens is 1. The highest BCUT2D eigenvalue weighted by atomic mass is 32.1. The van der Waals surface area contributed by atoms with Crippen molar-refractivity contribution in [3.05, 3.63) is 88.5 Å². The van der Waals surface area contributed by atoms with Gasteiger partial charge in [0.05, 0.1) is 5.52 Å². The molecular weight excluding hydrogens is 585 g/mol. The molecule has 11 heteroatoms. The first-order valence-corrected chi connectivity index (χ1v) is 15.7. The van der Waals surface area contributed by atoms with Gasteiger partial charge in [0, 0.05) is 55.6 Å². The number of nitrogens with one attached hydrogen (secondary N) is 2. The standard InChI is InChI=1S/C18H26N2S.C15H11F3N4O/c1-3-16-4-8-19(13-16)12-15(2)20-9-5-17(6-10-20)18-7-11-21-14-18;16-15(17,18)13-6-10(3-4-20-13)14-11-5-9(7-19-8-23)1-2-12(11)21-22-14/h5,7,11,14,16H,2-4,6,8-10,12-13H2,1H3;1-6,8H,7H2,(H,19,23)(H,21,22). The summed E-state index contributed by atoms with van der Waals surface area (Å²) < 4.78 is 38.4. The van der Waals surface area contributed by atoms with E-state index in [0.29, 0.717) is 35.1 Å². The monoisotopic (exact) mass is 622 g/mol. The first-order valence-electron chi connectivity index (χ1n) is 14.8. The summed E-state index contributed by atoms with van der Waals surface area (Å²) in [5.41, 5.74) is 5.48. The molecule has 5 heterocycles. The predicted octanol–water partition coefficient (Wildman–Crippen LogP) is 6.97. The first kappa shape index (κ1) is 31.5. The zero-order chi connectivity index (χ0) is 31.1. The van der Waals surface area contributed by atoms with Gasteiger partial charge in [0.25, 0.3) is 0 Å². The van der Waals surface area contributed by atoms with Crippen molar-refractivity contribution in [3.63, 3.8) is 0 Å². The van der Waals surface area contributed by atoms with Gasteiger partial charge in [0.15, 0.2) is 0 Å². The maximum Gasteiger partial charge on any atom is 0.433 e. The molecule has 2 N–H and O–H groups in total. The van der Waals surface area contributed by atoms with E-state index in [1.54, 1.807) is 29.5 Å². The number of rotatable bonds is 9.